The van der Waals surface area contributed by atoms with Gasteiger partial charge in [-0.25, -0.2) is 0 Å². The fourth-order valence-corrected chi connectivity index (χ4v) is 2.25. The number of rotatable bonds is 4. The zero-order chi connectivity index (χ0) is 13.8. The van der Waals surface area contributed by atoms with Crippen LogP contribution in [0.25, 0.3) is 0 Å². The lowest BCUT2D eigenvalue weighted by Gasteiger charge is -2.31. The summed E-state index contributed by atoms with van der Waals surface area (Å²) in [6.45, 7) is -0.568. The van der Waals surface area contributed by atoms with Crippen molar-refractivity contribution in [2.45, 2.75) is 44.0 Å². The summed E-state index contributed by atoms with van der Waals surface area (Å²) < 4.78 is 36.5. The van der Waals surface area contributed by atoms with Gasteiger partial charge >= 0.3 is 6.18 Å². The standard InChI is InChI=1S/C11H19F3N2O2/c1-15-10(18)7-4-2-3-5-8(7)16-6-9(17)11(12,13)14/h7-9,16-17H,2-6H2,1H3,(H,15,18)/t7-,8-,9-/m1/s1. The van der Waals surface area contributed by atoms with Crippen LogP contribution in [0.1, 0.15) is 25.7 Å². The summed E-state index contributed by atoms with van der Waals surface area (Å²) >= 11 is 0. The van der Waals surface area contributed by atoms with E-state index in [1.165, 1.54) is 7.05 Å². The van der Waals surface area contributed by atoms with E-state index in [1.54, 1.807) is 0 Å². The van der Waals surface area contributed by atoms with Gasteiger partial charge in [-0.05, 0) is 12.8 Å². The molecule has 0 aromatic heterocycles. The van der Waals surface area contributed by atoms with Crippen LogP contribution in [-0.4, -0.2) is 42.9 Å². The minimum absolute atomic E-state index is 0.159. The predicted octanol–water partition coefficient (Wildman–Crippen LogP) is 0.804. The first-order valence-electron chi connectivity index (χ1n) is 6.06. The van der Waals surface area contributed by atoms with Gasteiger partial charge in [0.15, 0.2) is 6.10 Å². The molecular weight excluding hydrogens is 249 g/mol. The number of amides is 1. The Morgan fingerprint density at radius 3 is 2.56 bits per heavy atom. The van der Waals surface area contributed by atoms with E-state index < -0.39 is 18.8 Å². The van der Waals surface area contributed by atoms with E-state index in [2.05, 4.69) is 10.6 Å². The van der Waals surface area contributed by atoms with Gasteiger partial charge in [-0.2, -0.15) is 13.2 Å². The highest BCUT2D eigenvalue weighted by atomic mass is 19.4. The van der Waals surface area contributed by atoms with Gasteiger partial charge < -0.3 is 15.7 Å². The van der Waals surface area contributed by atoms with Crippen molar-refractivity contribution in [3.05, 3.63) is 0 Å². The quantitative estimate of drug-likeness (QED) is 0.707. The molecule has 1 aliphatic carbocycles. The summed E-state index contributed by atoms with van der Waals surface area (Å²) in [5.41, 5.74) is 0. The summed E-state index contributed by atoms with van der Waals surface area (Å²) in [7, 11) is 1.51. The molecule has 1 aliphatic rings. The molecule has 4 nitrogen and oxygen atoms in total. The van der Waals surface area contributed by atoms with Crippen LogP contribution < -0.4 is 10.6 Å². The van der Waals surface area contributed by atoms with Crippen molar-refractivity contribution < 1.29 is 23.1 Å². The van der Waals surface area contributed by atoms with E-state index >= 15 is 0 Å². The predicted molar refractivity (Wildman–Crippen MR) is 59.9 cm³/mol. The molecule has 1 amide bonds. The third-order valence-corrected chi connectivity index (χ3v) is 3.30. The molecule has 1 rings (SSSR count). The number of alkyl halides is 3. The topological polar surface area (TPSA) is 61.4 Å². The van der Waals surface area contributed by atoms with Crippen LogP contribution in [0.3, 0.4) is 0 Å². The fourth-order valence-electron chi connectivity index (χ4n) is 2.25. The number of halogens is 3. The van der Waals surface area contributed by atoms with Crippen LogP contribution in [0.15, 0.2) is 0 Å². The van der Waals surface area contributed by atoms with Crippen LogP contribution >= 0.6 is 0 Å². The van der Waals surface area contributed by atoms with E-state index in [9.17, 15) is 18.0 Å². The van der Waals surface area contributed by atoms with Crippen molar-refractivity contribution in [2.24, 2.45) is 5.92 Å². The molecule has 0 aliphatic heterocycles. The average molecular weight is 268 g/mol. The molecule has 0 unspecified atom stereocenters. The van der Waals surface area contributed by atoms with E-state index in [0.717, 1.165) is 12.8 Å². The summed E-state index contributed by atoms with van der Waals surface area (Å²) in [6, 6.07) is -0.296. The third kappa shape index (κ3) is 4.13. The van der Waals surface area contributed by atoms with Gasteiger partial charge in [0.1, 0.15) is 0 Å². The van der Waals surface area contributed by atoms with Gasteiger partial charge in [-0.1, -0.05) is 12.8 Å². The molecular formula is C11H19F3N2O2. The highest BCUT2D eigenvalue weighted by molar-refractivity contribution is 5.79. The molecule has 1 fully saturated rings. The Bertz CT molecular complexity index is 284. The van der Waals surface area contributed by atoms with E-state index in [4.69, 9.17) is 5.11 Å². The zero-order valence-corrected chi connectivity index (χ0v) is 10.3. The Labute approximate surface area is 104 Å². The summed E-state index contributed by atoms with van der Waals surface area (Å²) in [5.74, 6) is -0.474. The van der Waals surface area contributed by atoms with Crippen molar-refractivity contribution in [1.29, 1.82) is 0 Å². The number of carbonyl (C=O) groups excluding carboxylic acids is 1. The van der Waals surface area contributed by atoms with Crippen LogP contribution in [-0.2, 0) is 4.79 Å². The van der Waals surface area contributed by atoms with Crippen molar-refractivity contribution >= 4 is 5.91 Å². The Hall–Kier alpha value is -0.820. The molecule has 0 heterocycles. The first-order valence-corrected chi connectivity index (χ1v) is 6.06. The number of aliphatic hydroxyl groups is 1. The molecule has 3 N–H and O–H groups in total. The molecule has 0 aromatic rings. The van der Waals surface area contributed by atoms with Gasteiger partial charge in [0.2, 0.25) is 5.91 Å². The lowest BCUT2D eigenvalue weighted by Crippen LogP contribution is -2.49. The number of nitrogens with one attached hydrogen (secondary N) is 2. The van der Waals surface area contributed by atoms with E-state index in [1.807, 2.05) is 0 Å². The summed E-state index contributed by atoms with van der Waals surface area (Å²) in [4.78, 5) is 11.6. The van der Waals surface area contributed by atoms with Gasteiger partial charge in [0.25, 0.3) is 0 Å². The largest absolute Gasteiger partial charge is 0.415 e. The lowest BCUT2D eigenvalue weighted by atomic mass is 9.84. The first-order chi connectivity index (χ1) is 8.36. The SMILES string of the molecule is CNC(=O)[C@@H]1CCCC[C@H]1NC[C@@H](O)C(F)(F)F. The van der Waals surface area contributed by atoms with E-state index in [0.29, 0.717) is 12.8 Å². The first kappa shape index (κ1) is 15.2. The Morgan fingerprint density at radius 2 is 2.00 bits per heavy atom. The minimum Gasteiger partial charge on any atom is -0.382 e. The highest BCUT2D eigenvalue weighted by Gasteiger charge is 2.39. The second kappa shape index (κ2) is 6.38. The maximum absolute atomic E-state index is 12.2. The van der Waals surface area contributed by atoms with E-state index in [-0.39, 0.29) is 17.9 Å². The lowest BCUT2D eigenvalue weighted by molar-refractivity contribution is -0.202. The van der Waals surface area contributed by atoms with Gasteiger partial charge in [-0.3, -0.25) is 4.79 Å². The normalized spacial score (nSPS) is 26.7. The Morgan fingerprint density at radius 1 is 1.39 bits per heavy atom. The fraction of sp³-hybridized carbons (Fsp3) is 0.909. The van der Waals surface area contributed by atoms with Gasteiger partial charge in [0, 0.05) is 19.6 Å². The van der Waals surface area contributed by atoms with Crippen LogP contribution in [0.5, 0.6) is 0 Å². The van der Waals surface area contributed by atoms with Crippen molar-refractivity contribution in [1.82, 2.24) is 10.6 Å². The van der Waals surface area contributed by atoms with Crippen LogP contribution in [0.4, 0.5) is 13.2 Å². The third-order valence-electron chi connectivity index (χ3n) is 3.30. The molecule has 106 valence electrons. The second-order valence-corrected chi connectivity index (χ2v) is 4.58. The second-order valence-electron chi connectivity index (χ2n) is 4.58. The molecule has 7 heteroatoms. The number of hydrogen-bond acceptors (Lipinski definition) is 3. The molecule has 0 spiro atoms. The number of aliphatic hydroxyl groups excluding tert-OH is 1. The zero-order valence-electron chi connectivity index (χ0n) is 10.3. The molecule has 0 aromatic carbocycles. The molecule has 3 atom stereocenters. The molecule has 18 heavy (non-hydrogen) atoms. The number of hydrogen-bond donors (Lipinski definition) is 3. The minimum atomic E-state index is -4.62. The van der Waals surface area contributed by atoms with Gasteiger partial charge in [-0.15, -0.1) is 0 Å². The summed E-state index contributed by atoms with van der Waals surface area (Å²) in [6.07, 6.45) is -3.90. The van der Waals surface area contributed by atoms with Gasteiger partial charge in [0.05, 0.1) is 5.92 Å². The molecule has 0 radical (unpaired) electrons. The monoisotopic (exact) mass is 268 g/mol. The smallest absolute Gasteiger partial charge is 0.382 e. The van der Waals surface area contributed by atoms with Crippen LogP contribution in [0.2, 0.25) is 0 Å². The average Bonchev–Trinajstić information content (AvgIpc) is 2.34. The Balaban J connectivity index is 2.50. The van der Waals surface area contributed by atoms with Crippen LogP contribution in [0, 0.1) is 5.92 Å². The summed E-state index contributed by atoms with van der Waals surface area (Å²) in [5, 5.41) is 14.1. The van der Waals surface area contributed by atoms with Crippen molar-refractivity contribution in [3.8, 4) is 0 Å². The van der Waals surface area contributed by atoms with Crippen molar-refractivity contribution in [3.63, 3.8) is 0 Å². The van der Waals surface area contributed by atoms with Crippen molar-refractivity contribution in [2.75, 3.05) is 13.6 Å². The Kier molecular flexibility index (Phi) is 5.40. The maximum atomic E-state index is 12.2. The molecule has 0 bridgehead atoms. The molecule has 0 saturated heterocycles. The highest BCUT2D eigenvalue weighted by Crippen LogP contribution is 2.25. The molecule has 1 saturated carbocycles. The number of carbonyl (C=O) groups is 1. The maximum Gasteiger partial charge on any atom is 0.415 e.